The number of carbonyl (C=O) groups is 2. The van der Waals surface area contributed by atoms with E-state index >= 15 is 0 Å². The first-order chi connectivity index (χ1) is 12.5. The molecular formula is C18H23N5O2S. The zero-order chi connectivity index (χ0) is 18.5. The molecule has 26 heavy (non-hydrogen) atoms. The average molecular weight is 373 g/mol. The summed E-state index contributed by atoms with van der Waals surface area (Å²) in [7, 11) is 0. The van der Waals surface area contributed by atoms with Crippen molar-refractivity contribution in [3.05, 3.63) is 40.9 Å². The van der Waals surface area contributed by atoms with Gasteiger partial charge in [-0.25, -0.2) is 9.78 Å². The zero-order valence-electron chi connectivity index (χ0n) is 14.9. The second-order valence-electron chi connectivity index (χ2n) is 6.52. The largest absolute Gasteiger partial charge is 0.336 e. The molecule has 0 unspecified atom stereocenters. The SMILES string of the molecule is CC(C)NC(=O)Nc1nc2c(s1)CN(CC(=O)Nc1ccccc1)CC2. The maximum Gasteiger partial charge on any atom is 0.321 e. The number of carbonyl (C=O) groups excluding carboxylic acids is 2. The Bertz CT molecular complexity index is 775. The molecule has 138 valence electrons. The van der Waals surface area contributed by atoms with Crippen LogP contribution in [0.25, 0.3) is 0 Å². The summed E-state index contributed by atoms with van der Waals surface area (Å²) in [5.74, 6) is -0.0289. The van der Waals surface area contributed by atoms with Gasteiger partial charge in [0.2, 0.25) is 5.91 Å². The summed E-state index contributed by atoms with van der Waals surface area (Å²) in [6.45, 7) is 5.59. The van der Waals surface area contributed by atoms with Crippen molar-refractivity contribution >= 4 is 34.1 Å². The molecule has 0 saturated carbocycles. The highest BCUT2D eigenvalue weighted by Crippen LogP contribution is 2.28. The maximum absolute atomic E-state index is 12.2. The molecule has 0 fully saturated rings. The monoisotopic (exact) mass is 373 g/mol. The van der Waals surface area contributed by atoms with Crippen LogP contribution in [0.1, 0.15) is 24.4 Å². The highest BCUT2D eigenvalue weighted by molar-refractivity contribution is 7.15. The summed E-state index contributed by atoms with van der Waals surface area (Å²) in [4.78, 5) is 31.7. The predicted octanol–water partition coefficient (Wildman–Crippen LogP) is 2.67. The minimum Gasteiger partial charge on any atom is -0.336 e. The van der Waals surface area contributed by atoms with E-state index in [9.17, 15) is 9.59 Å². The van der Waals surface area contributed by atoms with Crippen LogP contribution in [-0.2, 0) is 17.8 Å². The Balaban J connectivity index is 1.54. The highest BCUT2D eigenvalue weighted by atomic mass is 32.1. The van der Waals surface area contributed by atoms with Crippen LogP contribution < -0.4 is 16.0 Å². The van der Waals surface area contributed by atoms with Gasteiger partial charge in [0.15, 0.2) is 5.13 Å². The van der Waals surface area contributed by atoms with E-state index in [1.807, 2.05) is 44.2 Å². The molecule has 1 aromatic heterocycles. The van der Waals surface area contributed by atoms with Crippen molar-refractivity contribution in [3.8, 4) is 0 Å². The van der Waals surface area contributed by atoms with Crippen LogP contribution in [0.4, 0.5) is 15.6 Å². The van der Waals surface area contributed by atoms with E-state index < -0.39 is 0 Å². The average Bonchev–Trinajstić information content (AvgIpc) is 2.96. The van der Waals surface area contributed by atoms with Gasteiger partial charge in [-0.3, -0.25) is 15.0 Å². The maximum atomic E-state index is 12.2. The molecule has 3 amide bonds. The van der Waals surface area contributed by atoms with Crippen LogP contribution in [-0.4, -0.2) is 41.0 Å². The van der Waals surface area contributed by atoms with Crippen molar-refractivity contribution in [3.63, 3.8) is 0 Å². The van der Waals surface area contributed by atoms with Crippen molar-refractivity contribution in [2.75, 3.05) is 23.7 Å². The number of rotatable bonds is 5. The first-order valence-electron chi connectivity index (χ1n) is 8.63. The normalized spacial score (nSPS) is 14.0. The number of urea groups is 1. The number of para-hydroxylation sites is 1. The first-order valence-corrected chi connectivity index (χ1v) is 9.44. The fraction of sp³-hybridized carbons (Fsp3) is 0.389. The van der Waals surface area contributed by atoms with E-state index in [1.54, 1.807) is 0 Å². The van der Waals surface area contributed by atoms with Gasteiger partial charge >= 0.3 is 6.03 Å². The second kappa shape index (κ2) is 8.29. The summed E-state index contributed by atoms with van der Waals surface area (Å²) in [6, 6.07) is 9.27. The standard InChI is InChI=1S/C18H23N5O2S/c1-12(2)19-17(25)22-18-21-14-8-9-23(10-15(14)26-18)11-16(24)20-13-6-4-3-5-7-13/h3-7,12H,8-11H2,1-2H3,(H,20,24)(H2,19,21,22,25). The van der Waals surface area contributed by atoms with Gasteiger partial charge in [0, 0.05) is 36.1 Å². The fourth-order valence-electron chi connectivity index (χ4n) is 2.76. The number of fused-ring (bicyclic) bond motifs is 1. The molecule has 1 aliphatic heterocycles. The Morgan fingerprint density at radius 2 is 2.00 bits per heavy atom. The van der Waals surface area contributed by atoms with Crippen molar-refractivity contribution in [2.45, 2.75) is 32.9 Å². The Hall–Kier alpha value is -2.45. The second-order valence-corrected chi connectivity index (χ2v) is 7.60. The van der Waals surface area contributed by atoms with Crippen LogP contribution in [0.3, 0.4) is 0 Å². The molecule has 3 N–H and O–H groups in total. The Kier molecular flexibility index (Phi) is 5.85. The number of aromatic nitrogens is 1. The molecule has 1 aromatic carbocycles. The summed E-state index contributed by atoms with van der Waals surface area (Å²) in [5, 5.41) is 9.07. The van der Waals surface area contributed by atoms with Crippen LogP contribution >= 0.6 is 11.3 Å². The molecule has 7 nitrogen and oxygen atoms in total. The Morgan fingerprint density at radius 1 is 1.23 bits per heavy atom. The topological polar surface area (TPSA) is 86.4 Å². The van der Waals surface area contributed by atoms with E-state index in [-0.39, 0.29) is 18.0 Å². The summed E-state index contributed by atoms with van der Waals surface area (Å²) in [5.41, 5.74) is 1.81. The minimum absolute atomic E-state index is 0.0289. The Labute approximate surface area is 156 Å². The van der Waals surface area contributed by atoms with E-state index in [0.29, 0.717) is 18.2 Å². The van der Waals surface area contributed by atoms with Gasteiger partial charge in [0.25, 0.3) is 0 Å². The van der Waals surface area contributed by atoms with Crippen molar-refractivity contribution in [1.82, 2.24) is 15.2 Å². The van der Waals surface area contributed by atoms with Gasteiger partial charge in [-0.1, -0.05) is 18.2 Å². The quantitative estimate of drug-likeness (QED) is 0.752. The molecule has 0 aliphatic carbocycles. The third-order valence-corrected chi connectivity index (χ3v) is 4.87. The van der Waals surface area contributed by atoms with E-state index in [0.717, 1.165) is 29.2 Å². The van der Waals surface area contributed by atoms with Gasteiger partial charge in [-0.2, -0.15) is 0 Å². The number of nitrogens with zero attached hydrogens (tertiary/aromatic N) is 2. The van der Waals surface area contributed by atoms with Gasteiger partial charge in [0.05, 0.1) is 12.2 Å². The van der Waals surface area contributed by atoms with Gasteiger partial charge < -0.3 is 10.6 Å². The number of nitrogens with one attached hydrogen (secondary N) is 3. The number of amides is 3. The molecule has 0 saturated heterocycles. The highest BCUT2D eigenvalue weighted by Gasteiger charge is 2.23. The lowest BCUT2D eigenvalue weighted by Crippen LogP contribution is -2.36. The lowest BCUT2D eigenvalue weighted by Gasteiger charge is -2.25. The van der Waals surface area contributed by atoms with Crippen LogP contribution in [0.2, 0.25) is 0 Å². The number of hydrogen-bond acceptors (Lipinski definition) is 5. The molecule has 2 heterocycles. The summed E-state index contributed by atoms with van der Waals surface area (Å²) in [6.07, 6.45) is 0.776. The Morgan fingerprint density at radius 3 is 2.73 bits per heavy atom. The van der Waals surface area contributed by atoms with Gasteiger partial charge in [0.1, 0.15) is 0 Å². The van der Waals surface area contributed by atoms with Crippen molar-refractivity contribution in [1.29, 1.82) is 0 Å². The van der Waals surface area contributed by atoms with Crippen molar-refractivity contribution < 1.29 is 9.59 Å². The molecule has 8 heteroatoms. The van der Waals surface area contributed by atoms with Crippen LogP contribution in [0.15, 0.2) is 30.3 Å². The molecule has 1 aliphatic rings. The summed E-state index contributed by atoms with van der Waals surface area (Å²) < 4.78 is 0. The van der Waals surface area contributed by atoms with Gasteiger partial charge in [-0.05, 0) is 26.0 Å². The molecule has 0 atom stereocenters. The lowest BCUT2D eigenvalue weighted by atomic mass is 10.2. The predicted molar refractivity (Wildman–Crippen MR) is 103 cm³/mol. The van der Waals surface area contributed by atoms with E-state index in [4.69, 9.17) is 0 Å². The van der Waals surface area contributed by atoms with E-state index in [1.165, 1.54) is 11.3 Å². The first kappa shape index (κ1) is 18.3. The summed E-state index contributed by atoms with van der Waals surface area (Å²) >= 11 is 1.47. The molecular weight excluding hydrogens is 350 g/mol. The smallest absolute Gasteiger partial charge is 0.321 e. The fourth-order valence-corrected chi connectivity index (χ4v) is 3.80. The third kappa shape index (κ3) is 5.03. The molecule has 3 rings (SSSR count). The lowest BCUT2D eigenvalue weighted by molar-refractivity contribution is -0.117. The number of thiazole rings is 1. The van der Waals surface area contributed by atoms with Gasteiger partial charge in [-0.15, -0.1) is 11.3 Å². The van der Waals surface area contributed by atoms with Crippen molar-refractivity contribution in [2.24, 2.45) is 0 Å². The third-order valence-electron chi connectivity index (χ3n) is 3.88. The number of benzene rings is 1. The van der Waals surface area contributed by atoms with E-state index in [2.05, 4.69) is 25.8 Å². The molecule has 0 spiro atoms. The van der Waals surface area contributed by atoms with Crippen LogP contribution in [0, 0.1) is 0 Å². The van der Waals surface area contributed by atoms with Crippen LogP contribution in [0.5, 0.6) is 0 Å². The molecule has 2 aromatic rings. The molecule has 0 radical (unpaired) electrons. The number of anilines is 2. The molecule has 0 bridgehead atoms. The number of hydrogen-bond donors (Lipinski definition) is 3. The minimum atomic E-state index is -0.245. The zero-order valence-corrected chi connectivity index (χ0v) is 15.7.